The summed E-state index contributed by atoms with van der Waals surface area (Å²) in [7, 11) is -4.02. The molecule has 2 aliphatic rings. The smallest absolute Gasteiger partial charge is 0.255 e. The van der Waals surface area contributed by atoms with Crippen LogP contribution in [-0.2, 0) is 16.4 Å². The van der Waals surface area contributed by atoms with Crippen molar-refractivity contribution in [3.63, 3.8) is 0 Å². The quantitative estimate of drug-likeness (QED) is 0.250. The summed E-state index contributed by atoms with van der Waals surface area (Å²) >= 11 is 5.97. The van der Waals surface area contributed by atoms with Crippen molar-refractivity contribution >= 4 is 44.6 Å². The van der Waals surface area contributed by atoms with Crippen LogP contribution < -0.4 is 19.8 Å². The molecule has 0 saturated carbocycles. The van der Waals surface area contributed by atoms with Crippen LogP contribution in [0.15, 0.2) is 95.9 Å². The van der Waals surface area contributed by atoms with E-state index >= 15 is 0 Å². The topological polar surface area (TPSA) is 81.8 Å². The van der Waals surface area contributed by atoms with E-state index in [0.29, 0.717) is 60.2 Å². The fraction of sp³-hybridized carbons (Fsp3) is 0.242. The van der Waals surface area contributed by atoms with Crippen LogP contribution >= 0.6 is 11.6 Å². The summed E-state index contributed by atoms with van der Waals surface area (Å²) in [6, 6.07) is 25.7. The molecule has 4 aromatic rings. The lowest BCUT2D eigenvalue weighted by molar-refractivity contribution is 0.102. The van der Waals surface area contributed by atoms with Crippen molar-refractivity contribution in [1.29, 1.82) is 0 Å². The van der Waals surface area contributed by atoms with Gasteiger partial charge < -0.3 is 15.1 Å². The number of anilines is 3. The lowest BCUT2D eigenvalue weighted by Gasteiger charge is -2.38. The van der Waals surface area contributed by atoms with E-state index in [2.05, 4.69) is 10.0 Å². The maximum absolute atomic E-state index is 14.4. The normalized spacial score (nSPS) is 16.9. The number of aryl methyl sites for hydroxylation is 1. The standard InChI is InChI=1S/C33H32ClFN4O3S/c34-25-14-12-24(13-15-25)33(40)36-26-16-17-31(39-20-18-38(19-21-39)30-11-4-3-9-28(30)35)32(22-26)43(41,42)37-29-10-5-7-23-6-1-2-8-27(23)29/h1-4,6,8-9,11-17,22,29,37H,5,7,10,18-21H2,(H,36,40). The molecule has 1 atom stereocenters. The zero-order chi connectivity index (χ0) is 30.0. The molecule has 1 unspecified atom stereocenters. The Bertz CT molecular complexity index is 1740. The van der Waals surface area contributed by atoms with E-state index in [1.807, 2.05) is 40.1 Å². The van der Waals surface area contributed by atoms with Crippen molar-refractivity contribution in [2.45, 2.75) is 30.2 Å². The van der Waals surface area contributed by atoms with Crippen LogP contribution in [-0.4, -0.2) is 40.5 Å². The molecule has 43 heavy (non-hydrogen) atoms. The van der Waals surface area contributed by atoms with Gasteiger partial charge in [0.05, 0.1) is 11.4 Å². The lowest BCUT2D eigenvalue weighted by atomic mass is 9.88. The highest BCUT2D eigenvalue weighted by Crippen LogP contribution is 2.35. The van der Waals surface area contributed by atoms with Gasteiger partial charge in [0.1, 0.15) is 10.7 Å². The number of benzene rings is 4. The second-order valence-corrected chi connectivity index (χ2v) is 13.0. The molecule has 1 fully saturated rings. The number of hydrogen-bond donors (Lipinski definition) is 2. The van der Waals surface area contributed by atoms with E-state index in [1.165, 1.54) is 12.1 Å². The second kappa shape index (κ2) is 12.4. The molecule has 7 nitrogen and oxygen atoms in total. The fourth-order valence-electron chi connectivity index (χ4n) is 5.90. The van der Waals surface area contributed by atoms with Gasteiger partial charge in [-0.05, 0) is 85.0 Å². The maximum atomic E-state index is 14.4. The summed E-state index contributed by atoms with van der Waals surface area (Å²) in [6.45, 7) is 2.05. The van der Waals surface area contributed by atoms with E-state index in [1.54, 1.807) is 48.5 Å². The SMILES string of the molecule is O=C(Nc1ccc(N2CCN(c3ccccc3F)CC2)c(S(=O)(=O)NC2CCCc3ccccc32)c1)c1ccc(Cl)cc1. The summed E-state index contributed by atoms with van der Waals surface area (Å²) in [6.07, 6.45) is 2.49. The van der Waals surface area contributed by atoms with Gasteiger partial charge in [0.15, 0.2) is 0 Å². The van der Waals surface area contributed by atoms with E-state index in [9.17, 15) is 17.6 Å². The first-order valence-electron chi connectivity index (χ1n) is 14.3. The predicted octanol–water partition coefficient (Wildman–Crippen LogP) is 6.41. The zero-order valence-electron chi connectivity index (χ0n) is 23.5. The Morgan fingerprint density at radius 1 is 0.837 bits per heavy atom. The summed E-state index contributed by atoms with van der Waals surface area (Å²) in [5, 5.41) is 3.35. The van der Waals surface area contributed by atoms with Crippen molar-refractivity contribution in [2.24, 2.45) is 0 Å². The Hall–Kier alpha value is -3.92. The van der Waals surface area contributed by atoms with Gasteiger partial charge in [-0.2, -0.15) is 0 Å². The number of para-hydroxylation sites is 1. The number of carbonyl (C=O) groups excluding carboxylic acids is 1. The minimum Gasteiger partial charge on any atom is -0.367 e. The summed E-state index contributed by atoms with van der Waals surface area (Å²) < 4.78 is 45.7. The molecular formula is C33H32ClFN4O3S. The van der Waals surface area contributed by atoms with Crippen LogP contribution in [0.2, 0.25) is 5.02 Å². The van der Waals surface area contributed by atoms with Gasteiger partial charge in [-0.3, -0.25) is 4.79 Å². The summed E-state index contributed by atoms with van der Waals surface area (Å²) in [5.74, 6) is -0.655. The number of nitrogens with one attached hydrogen (secondary N) is 2. The van der Waals surface area contributed by atoms with Crippen LogP contribution in [0.5, 0.6) is 0 Å². The van der Waals surface area contributed by atoms with Crippen molar-refractivity contribution in [1.82, 2.24) is 4.72 Å². The Morgan fingerprint density at radius 2 is 1.51 bits per heavy atom. The zero-order valence-corrected chi connectivity index (χ0v) is 25.0. The van der Waals surface area contributed by atoms with Crippen molar-refractivity contribution in [3.05, 3.63) is 119 Å². The van der Waals surface area contributed by atoms with Crippen LogP contribution in [0.3, 0.4) is 0 Å². The third kappa shape index (κ3) is 6.39. The first-order chi connectivity index (χ1) is 20.8. The molecule has 10 heteroatoms. The number of carbonyl (C=O) groups is 1. The number of fused-ring (bicyclic) bond motifs is 1. The number of halogens is 2. The van der Waals surface area contributed by atoms with Gasteiger partial charge in [0, 0.05) is 48.5 Å². The molecule has 1 amide bonds. The monoisotopic (exact) mass is 618 g/mol. The molecule has 1 heterocycles. The molecule has 1 aliphatic carbocycles. The third-order valence-corrected chi connectivity index (χ3v) is 9.85. The molecule has 4 aromatic carbocycles. The molecule has 2 N–H and O–H groups in total. The number of sulfonamides is 1. The largest absolute Gasteiger partial charge is 0.367 e. The number of hydrogen-bond acceptors (Lipinski definition) is 5. The highest BCUT2D eigenvalue weighted by molar-refractivity contribution is 7.89. The Balaban J connectivity index is 1.30. The summed E-state index contributed by atoms with van der Waals surface area (Å²) in [4.78, 5) is 17.0. The van der Waals surface area contributed by atoms with Crippen molar-refractivity contribution in [3.8, 4) is 0 Å². The van der Waals surface area contributed by atoms with E-state index < -0.39 is 10.0 Å². The molecule has 222 valence electrons. The first kappa shape index (κ1) is 29.2. The minimum atomic E-state index is -4.02. The average molecular weight is 619 g/mol. The molecule has 1 aliphatic heterocycles. The molecule has 0 bridgehead atoms. The van der Waals surface area contributed by atoms with Crippen molar-refractivity contribution < 1.29 is 17.6 Å². The molecule has 0 spiro atoms. The number of amides is 1. The number of nitrogens with zero attached hydrogens (tertiary/aromatic N) is 2. The minimum absolute atomic E-state index is 0.0869. The van der Waals surface area contributed by atoms with Crippen LogP contribution in [0.4, 0.5) is 21.5 Å². The van der Waals surface area contributed by atoms with Crippen LogP contribution in [0, 0.1) is 5.82 Å². The number of piperazine rings is 1. The highest BCUT2D eigenvalue weighted by Gasteiger charge is 2.30. The molecular weight excluding hydrogens is 587 g/mol. The van der Waals surface area contributed by atoms with Crippen LogP contribution in [0.1, 0.15) is 40.4 Å². The Morgan fingerprint density at radius 3 is 2.26 bits per heavy atom. The van der Waals surface area contributed by atoms with Gasteiger partial charge in [0.25, 0.3) is 5.91 Å². The van der Waals surface area contributed by atoms with Crippen molar-refractivity contribution in [2.75, 3.05) is 41.3 Å². The van der Waals surface area contributed by atoms with E-state index in [-0.39, 0.29) is 22.7 Å². The van der Waals surface area contributed by atoms with Gasteiger partial charge in [-0.1, -0.05) is 48.0 Å². The van der Waals surface area contributed by atoms with Gasteiger partial charge in [-0.25, -0.2) is 17.5 Å². The Labute approximate surface area is 256 Å². The average Bonchev–Trinajstić information content (AvgIpc) is 3.02. The van der Waals surface area contributed by atoms with E-state index in [4.69, 9.17) is 11.6 Å². The van der Waals surface area contributed by atoms with E-state index in [0.717, 1.165) is 24.0 Å². The maximum Gasteiger partial charge on any atom is 0.255 e. The second-order valence-electron chi connectivity index (χ2n) is 10.8. The molecule has 0 radical (unpaired) electrons. The molecule has 1 saturated heterocycles. The molecule has 0 aromatic heterocycles. The van der Waals surface area contributed by atoms with Gasteiger partial charge in [0.2, 0.25) is 10.0 Å². The fourth-order valence-corrected chi connectivity index (χ4v) is 7.52. The predicted molar refractivity (Wildman–Crippen MR) is 169 cm³/mol. The highest BCUT2D eigenvalue weighted by atomic mass is 35.5. The third-order valence-electron chi connectivity index (χ3n) is 8.09. The van der Waals surface area contributed by atoms with Gasteiger partial charge in [-0.15, -0.1) is 0 Å². The first-order valence-corrected chi connectivity index (χ1v) is 16.2. The summed E-state index contributed by atoms with van der Waals surface area (Å²) in [5.41, 5.74) is 3.97. The molecule has 6 rings (SSSR count). The number of rotatable bonds is 7. The van der Waals surface area contributed by atoms with Gasteiger partial charge >= 0.3 is 0 Å². The van der Waals surface area contributed by atoms with Crippen LogP contribution in [0.25, 0.3) is 0 Å². The lowest BCUT2D eigenvalue weighted by Crippen LogP contribution is -2.47. The Kier molecular flexibility index (Phi) is 8.38.